The third-order valence-corrected chi connectivity index (χ3v) is 7.65. The minimum atomic E-state index is -1.64. The van der Waals surface area contributed by atoms with E-state index in [-0.39, 0.29) is 33.7 Å². The molecule has 0 aliphatic carbocycles. The molecule has 2 heterocycles. The van der Waals surface area contributed by atoms with Gasteiger partial charge in [-0.25, -0.2) is 14.6 Å². The van der Waals surface area contributed by atoms with E-state index in [1.807, 2.05) is 0 Å². The molecule has 4 aromatic rings. The molecule has 0 saturated carbocycles. The molecule has 2 aromatic carbocycles. The van der Waals surface area contributed by atoms with Crippen LogP contribution in [-0.2, 0) is 37.0 Å². The zero-order valence-corrected chi connectivity index (χ0v) is 25.9. The summed E-state index contributed by atoms with van der Waals surface area (Å²) in [6.45, 7) is -1.69. The minimum absolute atomic E-state index is 0.0258. The second-order valence-corrected chi connectivity index (χ2v) is 11.2. The number of esters is 1. The zero-order chi connectivity index (χ0) is 33.2. The number of hydrogen-bond donors (Lipinski definition) is 3. The van der Waals surface area contributed by atoms with Crippen molar-refractivity contribution in [2.24, 2.45) is 0 Å². The van der Waals surface area contributed by atoms with E-state index in [1.165, 1.54) is 29.5 Å². The lowest BCUT2D eigenvalue weighted by Crippen LogP contribution is -2.46. The molecule has 1 atom stereocenters. The van der Waals surface area contributed by atoms with Crippen LogP contribution in [0.4, 0.5) is 10.5 Å². The number of ketones is 1. The molecular formula is C30H24Cl2N4O9S. The largest absolute Gasteiger partial charge is 0.481 e. The van der Waals surface area contributed by atoms with Gasteiger partial charge in [-0.15, -0.1) is 11.3 Å². The Morgan fingerprint density at radius 2 is 1.67 bits per heavy atom. The fourth-order valence-electron chi connectivity index (χ4n) is 4.00. The van der Waals surface area contributed by atoms with Gasteiger partial charge in [-0.1, -0.05) is 65.7 Å². The van der Waals surface area contributed by atoms with E-state index in [0.717, 1.165) is 10.8 Å². The van der Waals surface area contributed by atoms with Crippen molar-refractivity contribution >= 4 is 69.9 Å². The average molecular weight is 688 g/mol. The Morgan fingerprint density at radius 1 is 0.957 bits per heavy atom. The van der Waals surface area contributed by atoms with Gasteiger partial charge >= 0.3 is 18.0 Å². The van der Waals surface area contributed by atoms with Crippen molar-refractivity contribution in [2.75, 3.05) is 11.9 Å². The van der Waals surface area contributed by atoms with E-state index in [4.69, 9.17) is 32.7 Å². The smallest absolute Gasteiger partial charge is 0.412 e. The molecule has 2 aromatic heterocycles. The first-order valence-electron chi connectivity index (χ1n) is 13.3. The molecule has 4 rings (SSSR count). The molecule has 0 saturated heterocycles. The summed E-state index contributed by atoms with van der Waals surface area (Å²) >= 11 is 13.2. The average Bonchev–Trinajstić information content (AvgIpc) is 3.56. The highest BCUT2D eigenvalue weighted by Gasteiger charge is 2.27. The molecule has 0 unspecified atom stereocenters. The molecule has 0 aliphatic rings. The van der Waals surface area contributed by atoms with Crippen LogP contribution < -0.4 is 16.2 Å². The zero-order valence-electron chi connectivity index (χ0n) is 23.6. The fourth-order valence-corrected chi connectivity index (χ4v) is 5.28. The summed E-state index contributed by atoms with van der Waals surface area (Å²) < 4.78 is 11.1. The van der Waals surface area contributed by atoms with E-state index in [1.54, 1.807) is 47.8 Å². The number of ether oxygens (including phenoxy) is 2. The summed E-state index contributed by atoms with van der Waals surface area (Å²) in [6, 6.07) is 14.8. The van der Waals surface area contributed by atoms with E-state index in [9.17, 15) is 33.9 Å². The van der Waals surface area contributed by atoms with Gasteiger partial charge in [0.05, 0.1) is 33.1 Å². The van der Waals surface area contributed by atoms with Gasteiger partial charge in [-0.05, 0) is 29.1 Å². The Hall–Kier alpha value is -5.05. The van der Waals surface area contributed by atoms with Crippen molar-refractivity contribution in [3.05, 3.63) is 104 Å². The number of thiophene rings is 1. The van der Waals surface area contributed by atoms with Crippen LogP contribution in [0.15, 0.2) is 77.0 Å². The fraction of sp³-hybridized carbons (Fsp3) is 0.167. The van der Waals surface area contributed by atoms with Crippen molar-refractivity contribution in [3.63, 3.8) is 0 Å². The highest BCUT2D eigenvalue weighted by atomic mass is 35.5. The molecule has 16 heteroatoms. The van der Waals surface area contributed by atoms with Crippen LogP contribution in [0.3, 0.4) is 0 Å². The van der Waals surface area contributed by atoms with Gasteiger partial charge in [-0.2, -0.15) is 0 Å². The number of carbonyl (C=O) groups is 5. The molecule has 0 radical (unpaired) electrons. The summed E-state index contributed by atoms with van der Waals surface area (Å²) in [5.41, 5.74) is -0.597. The Kier molecular flexibility index (Phi) is 11.6. The number of amides is 2. The lowest BCUT2D eigenvalue weighted by atomic mass is 10.1. The summed E-state index contributed by atoms with van der Waals surface area (Å²) in [4.78, 5) is 80.6. The number of carboxylic acids is 1. The summed E-state index contributed by atoms with van der Waals surface area (Å²) in [6.07, 6.45) is -0.678. The summed E-state index contributed by atoms with van der Waals surface area (Å²) in [7, 11) is 0. The van der Waals surface area contributed by atoms with Crippen LogP contribution in [0.2, 0.25) is 10.0 Å². The van der Waals surface area contributed by atoms with E-state index in [2.05, 4.69) is 15.6 Å². The van der Waals surface area contributed by atoms with Crippen molar-refractivity contribution in [1.82, 2.24) is 14.9 Å². The van der Waals surface area contributed by atoms with Crippen LogP contribution >= 0.6 is 34.5 Å². The van der Waals surface area contributed by atoms with Crippen LogP contribution in [0.25, 0.3) is 10.7 Å². The lowest BCUT2D eigenvalue weighted by molar-refractivity contribution is -0.140. The number of hydrogen-bond acceptors (Lipinski definition) is 10. The van der Waals surface area contributed by atoms with Gasteiger partial charge < -0.3 is 19.9 Å². The number of carboxylic acid groups (broad SMARTS) is 1. The Labute approximate surface area is 274 Å². The van der Waals surface area contributed by atoms with Crippen LogP contribution in [0.5, 0.6) is 0 Å². The Balaban J connectivity index is 1.49. The van der Waals surface area contributed by atoms with Gasteiger partial charge in [0.15, 0.2) is 18.2 Å². The number of anilines is 1. The van der Waals surface area contributed by atoms with Crippen molar-refractivity contribution in [2.45, 2.75) is 25.6 Å². The summed E-state index contributed by atoms with van der Waals surface area (Å²) in [5.74, 6) is -4.28. The Bertz CT molecular complexity index is 1790. The maximum Gasteiger partial charge on any atom is 0.412 e. The number of nitrogens with zero attached hydrogens (tertiary/aromatic N) is 2. The van der Waals surface area contributed by atoms with E-state index in [0.29, 0.717) is 10.4 Å². The Morgan fingerprint density at radius 3 is 2.33 bits per heavy atom. The molecule has 13 nitrogen and oxygen atoms in total. The standard InChI is InChI=1S/C30H24Cl2N4O9S/c31-18-8-4-9-19(32)26(18)29(42)44-16-22(37)20(12-25(39)40)34-24(38)14-36-27(23-10-5-11-46-23)33-13-21(28(36)41)35-30(43)45-15-17-6-2-1-3-7-17/h1-11,13,20H,12,14-16H2,(H,34,38)(H,35,43)(H,39,40)/t20-/m0/s1. The number of halogens is 2. The number of benzene rings is 2. The number of Topliss-reactive ketones (excluding diaryl/α,β-unsaturated/α-hetero) is 1. The molecule has 46 heavy (non-hydrogen) atoms. The van der Waals surface area contributed by atoms with Crippen molar-refractivity contribution in [3.8, 4) is 10.7 Å². The van der Waals surface area contributed by atoms with E-state index < -0.39 is 60.9 Å². The second kappa shape index (κ2) is 15.8. The maximum absolute atomic E-state index is 13.4. The first kappa shape index (κ1) is 33.8. The lowest BCUT2D eigenvalue weighted by Gasteiger charge is -2.18. The molecule has 2 amide bonds. The minimum Gasteiger partial charge on any atom is -0.481 e. The third-order valence-electron chi connectivity index (χ3n) is 6.15. The first-order chi connectivity index (χ1) is 22.0. The molecule has 0 aliphatic heterocycles. The first-order valence-corrected chi connectivity index (χ1v) is 14.9. The van der Waals surface area contributed by atoms with Crippen LogP contribution in [0.1, 0.15) is 22.3 Å². The third kappa shape index (κ3) is 9.00. The molecular weight excluding hydrogens is 663 g/mol. The number of carbonyl (C=O) groups excluding carboxylic acids is 4. The number of rotatable bonds is 13. The van der Waals surface area contributed by atoms with Gasteiger partial charge in [0.1, 0.15) is 24.9 Å². The van der Waals surface area contributed by atoms with Gasteiger partial charge in [0, 0.05) is 0 Å². The summed E-state index contributed by atoms with van der Waals surface area (Å²) in [5, 5.41) is 15.6. The van der Waals surface area contributed by atoms with Crippen LogP contribution in [-0.4, -0.2) is 57.0 Å². The van der Waals surface area contributed by atoms with Gasteiger partial charge in [0.2, 0.25) is 5.91 Å². The van der Waals surface area contributed by atoms with Crippen LogP contribution in [0, 0.1) is 0 Å². The number of aromatic nitrogens is 2. The number of aliphatic carboxylic acids is 1. The highest BCUT2D eigenvalue weighted by Crippen LogP contribution is 2.25. The topological polar surface area (TPSA) is 183 Å². The normalized spacial score (nSPS) is 11.3. The SMILES string of the molecule is O=C(O)C[C@H](NC(=O)Cn1c(-c2cccs2)ncc(NC(=O)OCc2ccccc2)c1=O)C(=O)COC(=O)c1c(Cl)cccc1Cl. The van der Waals surface area contributed by atoms with E-state index >= 15 is 0 Å². The predicted octanol–water partition coefficient (Wildman–Crippen LogP) is 4.41. The van der Waals surface area contributed by atoms with Crippen molar-refractivity contribution < 1.29 is 38.6 Å². The number of nitrogens with one attached hydrogen (secondary N) is 2. The highest BCUT2D eigenvalue weighted by molar-refractivity contribution is 7.13. The van der Waals surface area contributed by atoms with Crippen molar-refractivity contribution in [1.29, 1.82) is 0 Å². The molecule has 0 bridgehead atoms. The quantitative estimate of drug-likeness (QED) is 0.170. The predicted molar refractivity (Wildman–Crippen MR) is 168 cm³/mol. The van der Waals surface area contributed by atoms with Gasteiger partial charge in [-0.3, -0.25) is 29.1 Å². The molecule has 3 N–H and O–H groups in total. The molecule has 0 fully saturated rings. The monoisotopic (exact) mass is 686 g/mol. The maximum atomic E-state index is 13.4. The second-order valence-electron chi connectivity index (χ2n) is 9.41. The van der Waals surface area contributed by atoms with Gasteiger partial charge in [0.25, 0.3) is 5.56 Å². The molecule has 238 valence electrons. The molecule has 0 spiro atoms.